The number of hydrogen-bond donors (Lipinski definition) is 0. The summed E-state index contributed by atoms with van der Waals surface area (Å²) < 4.78 is 15.9. The Bertz CT molecular complexity index is 490. The lowest BCUT2D eigenvalue weighted by atomic mass is 9.99. The van der Waals surface area contributed by atoms with Crippen molar-refractivity contribution < 1.29 is 19.0 Å². The van der Waals surface area contributed by atoms with Gasteiger partial charge in [0.05, 0.1) is 21.3 Å². The molecule has 0 N–H and O–H groups in total. The molecular weight excluding hydrogens is 270 g/mol. The van der Waals surface area contributed by atoms with Crippen molar-refractivity contribution in [1.29, 1.82) is 0 Å². The average molecular weight is 293 g/mol. The van der Waals surface area contributed by atoms with Crippen LogP contribution < -0.4 is 14.2 Å². The highest BCUT2D eigenvalue weighted by molar-refractivity contribution is 6.00. The van der Waals surface area contributed by atoms with E-state index < -0.39 is 0 Å². The molecule has 0 aliphatic carbocycles. The third-order valence-corrected chi connectivity index (χ3v) is 3.87. The normalized spacial score (nSPS) is 18.3. The number of likely N-dealkylation sites (tertiary alicyclic amines) is 1. The van der Waals surface area contributed by atoms with Crippen LogP contribution in [0.2, 0.25) is 0 Å². The van der Waals surface area contributed by atoms with Gasteiger partial charge in [-0.1, -0.05) is 6.92 Å². The van der Waals surface area contributed by atoms with Crippen LogP contribution in [-0.2, 0) is 0 Å². The SMILES string of the molecule is COc1cc(OC)c(C(=O)N2CCCC(C)C2)c(OC)c1. The van der Waals surface area contributed by atoms with E-state index in [0.29, 0.717) is 28.7 Å². The van der Waals surface area contributed by atoms with E-state index >= 15 is 0 Å². The minimum Gasteiger partial charge on any atom is -0.496 e. The Kier molecular flexibility index (Phi) is 4.94. The van der Waals surface area contributed by atoms with Crippen molar-refractivity contribution in [2.75, 3.05) is 34.4 Å². The number of carbonyl (C=O) groups excluding carboxylic acids is 1. The lowest BCUT2D eigenvalue weighted by Gasteiger charge is -2.31. The largest absolute Gasteiger partial charge is 0.496 e. The number of rotatable bonds is 4. The van der Waals surface area contributed by atoms with Crippen molar-refractivity contribution in [2.24, 2.45) is 5.92 Å². The second-order valence-electron chi connectivity index (χ2n) is 5.41. The van der Waals surface area contributed by atoms with Gasteiger partial charge in [-0.15, -0.1) is 0 Å². The van der Waals surface area contributed by atoms with Crippen LogP contribution in [0.5, 0.6) is 17.2 Å². The molecule has 21 heavy (non-hydrogen) atoms. The van der Waals surface area contributed by atoms with E-state index in [1.54, 1.807) is 33.5 Å². The third-order valence-electron chi connectivity index (χ3n) is 3.87. The molecule has 0 aromatic heterocycles. The molecule has 0 spiro atoms. The predicted octanol–water partition coefficient (Wildman–Crippen LogP) is 2.58. The fourth-order valence-electron chi connectivity index (χ4n) is 2.75. The molecule has 2 rings (SSSR count). The third kappa shape index (κ3) is 3.23. The highest BCUT2D eigenvalue weighted by Crippen LogP contribution is 2.35. The molecular formula is C16H23NO4. The van der Waals surface area contributed by atoms with Crippen molar-refractivity contribution >= 4 is 5.91 Å². The van der Waals surface area contributed by atoms with Crippen LogP contribution in [0.1, 0.15) is 30.1 Å². The number of methoxy groups -OCH3 is 3. The maximum absolute atomic E-state index is 12.8. The Labute approximate surface area is 125 Å². The number of amides is 1. The van der Waals surface area contributed by atoms with Gasteiger partial charge in [0.2, 0.25) is 0 Å². The summed E-state index contributed by atoms with van der Waals surface area (Å²) in [6, 6.07) is 3.42. The van der Waals surface area contributed by atoms with Crippen molar-refractivity contribution in [3.63, 3.8) is 0 Å². The lowest BCUT2D eigenvalue weighted by molar-refractivity contribution is 0.0676. The Balaban J connectivity index is 2.38. The predicted molar refractivity (Wildman–Crippen MR) is 80.4 cm³/mol. The van der Waals surface area contributed by atoms with Crippen LogP contribution in [0.15, 0.2) is 12.1 Å². The molecule has 1 aromatic rings. The van der Waals surface area contributed by atoms with Crippen LogP contribution in [0, 0.1) is 5.92 Å². The maximum atomic E-state index is 12.8. The quantitative estimate of drug-likeness (QED) is 0.856. The molecule has 1 aliphatic rings. The van der Waals surface area contributed by atoms with Gasteiger partial charge in [-0.05, 0) is 18.8 Å². The topological polar surface area (TPSA) is 48.0 Å². The monoisotopic (exact) mass is 293 g/mol. The van der Waals surface area contributed by atoms with Gasteiger partial charge in [-0.25, -0.2) is 0 Å². The first-order chi connectivity index (χ1) is 10.1. The number of carbonyl (C=O) groups is 1. The van der Waals surface area contributed by atoms with Gasteiger partial charge in [-0.3, -0.25) is 4.79 Å². The van der Waals surface area contributed by atoms with Gasteiger partial charge in [0.15, 0.2) is 0 Å². The van der Waals surface area contributed by atoms with Gasteiger partial charge in [0.1, 0.15) is 22.8 Å². The van der Waals surface area contributed by atoms with Crippen LogP contribution in [0.4, 0.5) is 0 Å². The Hall–Kier alpha value is -1.91. The number of hydrogen-bond acceptors (Lipinski definition) is 4. The summed E-state index contributed by atoms with van der Waals surface area (Å²) in [7, 11) is 4.66. The van der Waals surface area contributed by atoms with Gasteiger partial charge in [0, 0.05) is 25.2 Å². The number of nitrogens with zero attached hydrogens (tertiary/aromatic N) is 1. The van der Waals surface area contributed by atoms with E-state index in [2.05, 4.69) is 6.92 Å². The van der Waals surface area contributed by atoms with Gasteiger partial charge in [0.25, 0.3) is 5.91 Å². The molecule has 1 unspecified atom stereocenters. The summed E-state index contributed by atoms with van der Waals surface area (Å²) in [6.45, 7) is 3.72. The van der Waals surface area contributed by atoms with E-state index in [9.17, 15) is 4.79 Å². The molecule has 1 atom stereocenters. The molecule has 1 heterocycles. The standard InChI is InChI=1S/C16H23NO4/c1-11-6-5-7-17(10-11)16(18)15-13(20-3)8-12(19-2)9-14(15)21-4/h8-9,11H,5-7,10H2,1-4H3. The zero-order valence-corrected chi connectivity index (χ0v) is 13.1. The number of benzene rings is 1. The summed E-state index contributed by atoms with van der Waals surface area (Å²) in [5.41, 5.74) is 0.468. The van der Waals surface area contributed by atoms with Crippen molar-refractivity contribution in [3.05, 3.63) is 17.7 Å². The zero-order chi connectivity index (χ0) is 15.4. The highest BCUT2D eigenvalue weighted by Gasteiger charge is 2.27. The minimum atomic E-state index is -0.0436. The first-order valence-corrected chi connectivity index (χ1v) is 7.20. The molecule has 0 saturated carbocycles. The molecule has 0 bridgehead atoms. The lowest BCUT2D eigenvalue weighted by Crippen LogP contribution is -2.39. The first kappa shape index (κ1) is 15.5. The summed E-state index contributed by atoms with van der Waals surface area (Å²) in [5, 5.41) is 0. The fourth-order valence-corrected chi connectivity index (χ4v) is 2.75. The Morgan fingerprint density at radius 1 is 1.14 bits per heavy atom. The summed E-state index contributed by atoms with van der Waals surface area (Å²) in [6.07, 6.45) is 2.20. The fraction of sp³-hybridized carbons (Fsp3) is 0.562. The molecule has 1 amide bonds. The van der Waals surface area contributed by atoms with Crippen LogP contribution >= 0.6 is 0 Å². The van der Waals surface area contributed by atoms with Crippen LogP contribution in [0.25, 0.3) is 0 Å². The number of piperidine rings is 1. The van der Waals surface area contributed by atoms with Gasteiger partial charge >= 0.3 is 0 Å². The maximum Gasteiger partial charge on any atom is 0.261 e. The van der Waals surface area contributed by atoms with Crippen LogP contribution in [-0.4, -0.2) is 45.2 Å². The molecule has 5 nitrogen and oxygen atoms in total. The summed E-state index contributed by atoms with van der Waals surface area (Å²) in [4.78, 5) is 14.7. The Morgan fingerprint density at radius 2 is 1.76 bits per heavy atom. The number of ether oxygens (including phenoxy) is 3. The van der Waals surface area contributed by atoms with Crippen molar-refractivity contribution in [2.45, 2.75) is 19.8 Å². The average Bonchev–Trinajstić information content (AvgIpc) is 2.52. The van der Waals surface area contributed by atoms with Gasteiger partial charge in [-0.2, -0.15) is 0 Å². The minimum absolute atomic E-state index is 0.0436. The van der Waals surface area contributed by atoms with E-state index in [0.717, 1.165) is 19.5 Å². The molecule has 1 aliphatic heterocycles. The molecule has 1 saturated heterocycles. The zero-order valence-electron chi connectivity index (χ0n) is 13.1. The Morgan fingerprint density at radius 3 is 2.24 bits per heavy atom. The van der Waals surface area contributed by atoms with Crippen molar-refractivity contribution in [3.8, 4) is 17.2 Å². The van der Waals surface area contributed by atoms with E-state index in [1.165, 1.54) is 6.42 Å². The smallest absolute Gasteiger partial charge is 0.261 e. The molecule has 116 valence electrons. The van der Waals surface area contributed by atoms with Gasteiger partial charge < -0.3 is 19.1 Å². The summed E-state index contributed by atoms with van der Waals surface area (Å²) in [5.74, 6) is 2.05. The second-order valence-corrected chi connectivity index (χ2v) is 5.41. The van der Waals surface area contributed by atoms with E-state index in [4.69, 9.17) is 14.2 Å². The molecule has 1 aromatic carbocycles. The first-order valence-electron chi connectivity index (χ1n) is 7.20. The molecule has 0 radical (unpaired) electrons. The summed E-state index contributed by atoms with van der Waals surface area (Å²) >= 11 is 0. The van der Waals surface area contributed by atoms with Crippen molar-refractivity contribution in [1.82, 2.24) is 4.90 Å². The molecule has 1 fully saturated rings. The van der Waals surface area contributed by atoms with E-state index in [1.807, 2.05) is 4.90 Å². The van der Waals surface area contributed by atoms with E-state index in [-0.39, 0.29) is 5.91 Å². The molecule has 5 heteroatoms. The highest BCUT2D eigenvalue weighted by atomic mass is 16.5. The second kappa shape index (κ2) is 6.70. The van der Waals surface area contributed by atoms with Crippen LogP contribution in [0.3, 0.4) is 0 Å².